The molecule has 0 aliphatic heterocycles. The van der Waals surface area contributed by atoms with E-state index in [1.807, 2.05) is 19.0 Å². The number of hydrogen-bond donors (Lipinski definition) is 1. The molecule has 0 heterocycles. The van der Waals surface area contributed by atoms with E-state index in [9.17, 15) is 27.6 Å². The van der Waals surface area contributed by atoms with Crippen molar-refractivity contribution in [2.75, 3.05) is 13.2 Å². The van der Waals surface area contributed by atoms with Crippen molar-refractivity contribution in [1.82, 2.24) is 0 Å². The zero-order valence-corrected chi connectivity index (χ0v) is 13.2. The first-order valence-corrected chi connectivity index (χ1v) is 7.10. The lowest BCUT2D eigenvalue weighted by atomic mass is 9.75. The molecule has 0 radical (unpaired) electrons. The lowest BCUT2D eigenvalue weighted by molar-refractivity contribution is -0.164. The summed E-state index contributed by atoms with van der Waals surface area (Å²) in [6.45, 7) is 3.20. The van der Waals surface area contributed by atoms with E-state index in [0.29, 0.717) is 12.8 Å². The molecule has 0 aromatic heterocycles. The van der Waals surface area contributed by atoms with E-state index < -0.39 is 30.2 Å². The maximum atomic E-state index is 12.2. The van der Waals surface area contributed by atoms with Gasteiger partial charge in [-0.25, -0.2) is 4.79 Å². The summed E-state index contributed by atoms with van der Waals surface area (Å²) >= 11 is 0. The number of alkyl halides is 3. The van der Waals surface area contributed by atoms with Crippen molar-refractivity contribution in [3.05, 3.63) is 0 Å². The van der Waals surface area contributed by atoms with Gasteiger partial charge in [0.05, 0.1) is 12.7 Å². The predicted molar refractivity (Wildman–Crippen MR) is 73.6 cm³/mol. The van der Waals surface area contributed by atoms with Crippen LogP contribution in [0, 0.1) is 5.41 Å². The van der Waals surface area contributed by atoms with E-state index >= 15 is 0 Å². The Labute approximate surface area is 135 Å². The first-order valence-electron chi connectivity index (χ1n) is 7.10. The molecular formula is C14H18F3NO6. The van der Waals surface area contributed by atoms with Crippen LogP contribution in [0.25, 0.3) is 0 Å². The third-order valence-corrected chi connectivity index (χ3v) is 3.35. The number of carbonyl (C=O) groups excluding carboxylic acids is 3. The summed E-state index contributed by atoms with van der Waals surface area (Å²) in [5, 5.41) is 10.4. The summed E-state index contributed by atoms with van der Waals surface area (Å²) in [5.41, 5.74) is -1.97. The Balaban J connectivity index is 2.43. The molecule has 1 atom stereocenters. The van der Waals surface area contributed by atoms with Crippen LogP contribution in [-0.4, -0.2) is 53.9 Å². The maximum Gasteiger partial charge on any atom is 0.456 e. The molecule has 0 saturated heterocycles. The molecule has 24 heavy (non-hydrogen) atoms. The molecule has 136 valence electrons. The standard InChI is InChI=1S/C14H18F3NO6/c1-13(2)6-8(19)5-9(7-13)23-3-4-24-12(21)10(18-22)11(20)14(15,16)17/h9,22H,3-7H2,1-2H3/b18-10-. The summed E-state index contributed by atoms with van der Waals surface area (Å²) in [4.78, 5) is 33.7. The second kappa shape index (κ2) is 7.73. The van der Waals surface area contributed by atoms with E-state index in [1.54, 1.807) is 0 Å². The Bertz CT molecular complexity index is 541. The zero-order valence-electron chi connectivity index (χ0n) is 13.2. The van der Waals surface area contributed by atoms with Gasteiger partial charge in [0.25, 0.3) is 5.78 Å². The molecule has 7 nitrogen and oxygen atoms in total. The second-order valence-corrected chi connectivity index (χ2v) is 6.19. The molecule has 1 saturated carbocycles. The van der Waals surface area contributed by atoms with Crippen molar-refractivity contribution < 1.29 is 42.2 Å². The quantitative estimate of drug-likeness (QED) is 0.195. The van der Waals surface area contributed by atoms with Gasteiger partial charge < -0.3 is 14.7 Å². The smallest absolute Gasteiger partial charge is 0.456 e. The molecule has 1 aliphatic carbocycles. The van der Waals surface area contributed by atoms with Gasteiger partial charge in [0.2, 0.25) is 5.71 Å². The van der Waals surface area contributed by atoms with Crippen LogP contribution < -0.4 is 0 Å². The van der Waals surface area contributed by atoms with Crippen LogP contribution in [0.1, 0.15) is 33.1 Å². The second-order valence-electron chi connectivity index (χ2n) is 6.19. The van der Waals surface area contributed by atoms with Crippen molar-refractivity contribution in [2.24, 2.45) is 10.6 Å². The minimum Gasteiger partial charge on any atom is -0.458 e. The number of hydrogen-bond acceptors (Lipinski definition) is 7. The fourth-order valence-corrected chi connectivity index (χ4v) is 2.47. The Morgan fingerprint density at radius 3 is 2.46 bits per heavy atom. The highest BCUT2D eigenvalue weighted by Gasteiger charge is 2.45. The van der Waals surface area contributed by atoms with Crippen LogP contribution in [0.15, 0.2) is 5.16 Å². The molecule has 0 amide bonds. The summed E-state index contributed by atoms with van der Waals surface area (Å²) in [5.74, 6) is -4.27. The van der Waals surface area contributed by atoms with Crippen molar-refractivity contribution in [2.45, 2.75) is 45.4 Å². The normalized spacial score (nSPS) is 21.5. The maximum absolute atomic E-state index is 12.2. The molecule has 1 rings (SSSR count). The van der Waals surface area contributed by atoms with Gasteiger partial charge in [-0.2, -0.15) is 13.2 Å². The molecular weight excluding hydrogens is 335 g/mol. The number of Topliss-reactive ketones (excluding diaryl/α,β-unsaturated/α-hetero) is 2. The lowest BCUT2D eigenvalue weighted by Gasteiger charge is -2.34. The number of rotatable bonds is 6. The van der Waals surface area contributed by atoms with Crippen molar-refractivity contribution in [1.29, 1.82) is 0 Å². The monoisotopic (exact) mass is 353 g/mol. The van der Waals surface area contributed by atoms with Crippen molar-refractivity contribution >= 4 is 23.2 Å². The molecule has 0 spiro atoms. The number of nitrogens with zero attached hydrogens (tertiary/aromatic N) is 1. The molecule has 0 aromatic carbocycles. The van der Waals surface area contributed by atoms with Crippen LogP contribution in [0.4, 0.5) is 13.2 Å². The van der Waals surface area contributed by atoms with Gasteiger partial charge in [0.15, 0.2) is 0 Å². The van der Waals surface area contributed by atoms with Gasteiger partial charge in [-0.3, -0.25) is 9.59 Å². The fraction of sp³-hybridized carbons (Fsp3) is 0.714. The Hall–Kier alpha value is -1.97. The zero-order chi connectivity index (χ0) is 18.5. The van der Waals surface area contributed by atoms with Crippen LogP contribution in [-0.2, 0) is 23.9 Å². The van der Waals surface area contributed by atoms with E-state index in [-0.39, 0.29) is 30.3 Å². The highest BCUT2D eigenvalue weighted by atomic mass is 19.4. The Kier molecular flexibility index (Phi) is 6.47. The number of ketones is 2. The third kappa shape index (κ3) is 5.91. The third-order valence-electron chi connectivity index (χ3n) is 3.35. The number of oxime groups is 1. The average Bonchev–Trinajstić information content (AvgIpc) is 2.41. The number of esters is 1. The Morgan fingerprint density at radius 2 is 1.96 bits per heavy atom. The minimum absolute atomic E-state index is 0.0405. The van der Waals surface area contributed by atoms with Gasteiger partial charge in [-0.05, 0) is 11.8 Å². The SMILES string of the molecule is CC1(C)CC(=O)CC(OCCOC(=O)/C(=N\O)C(=O)C(F)(F)F)C1. The summed E-state index contributed by atoms with van der Waals surface area (Å²) in [6.07, 6.45) is -4.46. The van der Waals surface area contributed by atoms with Crippen LogP contribution in [0.2, 0.25) is 0 Å². The largest absolute Gasteiger partial charge is 0.458 e. The van der Waals surface area contributed by atoms with E-state index in [0.717, 1.165) is 0 Å². The summed E-state index contributed by atoms with van der Waals surface area (Å²) < 4.78 is 46.3. The predicted octanol–water partition coefficient (Wildman–Crippen LogP) is 1.66. The van der Waals surface area contributed by atoms with Gasteiger partial charge >= 0.3 is 12.1 Å². The minimum atomic E-state index is -5.36. The van der Waals surface area contributed by atoms with E-state index in [1.165, 1.54) is 0 Å². The van der Waals surface area contributed by atoms with Crippen LogP contribution >= 0.6 is 0 Å². The number of halogens is 3. The highest BCUT2D eigenvalue weighted by Crippen LogP contribution is 2.34. The first-order chi connectivity index (χ1) is 11.0. The number of carbonyl (C=O) groups is 3. The van der Waals surface area contributed by atoms with Crippen molar-refractivity contribution in [3.8, 4) is 0 Å². The van der Waals surface area contributed by atoms with Crippen molar-refractivity contribution in [3.63, 3.8) is 0 Å². The van der Waals surface area contributed by atoms with Gasteiger partial charge in [0.1, 0.15) is 12.4 Å². The van der Waals surface area contributed by atoms with Crippen LogP contribution in [0.5, 0.6) is 0 Å². The molecule has 0 aromatic rings. The average molecular weight is 353 g/mol. The van der Waals surface area contributed by atoms with Gasteiger partial charge in [-0.1, -0.05) is 19.0 Å². The topological polar surface area (TPSA) is 102 Å². The van der Waals surface area contributed by atoms with Crippen LogP contribution in [0.3, 0.4) is 0 Å². The van der Waals surface area contributed by atoms with E-state index in [2.05, 4.69) is 4.74 Å². The van der Waals surface area contributed by atoms with Gasteiger partial charge in [0, 0.05) is 12.8 Å². The van der Waals surface area contributed by atoms with E-state index in [4.69, 9.17) is 9.94 Å². The highest BCUT2D eigenvalue weighted by molar-refractivity contribution is 6.65. The summed E-state index contributed by atoms with van der Waals surface area (Å²) in [6, 6.07) is 0. The molecule has 10 heteroatoms. The molecule has 1 N–H and O–H groups in total. The summed E-state index contributed by atoms with van der Waals surface area (Å²) in [7, 11) is 0. The molecule has 1 aliphatic rings. The molecule has 1 unspecified atom stereocenters. The Morgan fingerprint density at radius 1 is 1.33 bits per heavy atom. The number of ether oxygens (including phenoxy) is 2. The first kappa shape index (κ1) is 20.1. The lowest BCUT2D eigenvalue weighted by Crippen LogP contribution is -2.37. The fourth-order valence-electron chi connectivity index (χ4n) is 2.47. The molecule has 0 bridgehead atoms. The van der Waals surface area contributed by atoms with Gasteiger partial charge in [-0.15, -0.1) is 0 Å². The molecule has 1 fully saturated rings.